The van der Waals surface area contributed by atoms with Crippen molar-refractivity contribution >= 4 is 17.5 Å². The molecule has 1 N–H and O–H groups in total. The number of ether oxygens (including phenoxy) is 2. The van der Waals surface area contributed by atoms with Crippen LogP contribution >= 0.6 is 0 Å². The number of anilines is 1. The molecule has 3 aliphatic rings. The van der Waals surface area contributed by atoms with E-state index < -0.39 is 6.04 Å². The molecule has 0 aliphatic carbocycles. The van der Waals surface area contributed by atoms with E-state index in [1.807, 2.05) is 0 Å². The molecule has 3 heterocycles. The summed E-state index contributed by atoms with van der Waals surface area (Å²) in [7, 11) is 0. The number of likely N-dealkylation sites (tertiary alicyclic amines) is 1. The zero-order valence-corrected chi connectivity index (χ0v) is 14.7. The Hall–Kier alpha value is -2.12. The van der Waals surface area contributed by atoms with E-state index in [1.54, 1.807) is 18.2 Å². The first-order valence-corrected chi connectivity index (χ1v) is 9.32. The minimum Gasteiger partial charge on any atom is -0.486 e. The number of aliphatic hydroxyl groups excluding tert-OH is 1. The molecule has 2 saturated heterocycles. The van der Waals surface area contributed by atoms with Crippen molar-refractivity contribution in [2.24, 2.45) is 0 Å². The Morgan fingerprint density at radius 3 is 2.73 bits per heavy atom. The molecule has 1 aromatic carbocycles. The normalized spacial score (nSPS) is 26.4. The van der Waals surface area contributed by atoms with Crippen molar-refractivity contribution in [3.8, 4) is 11.5 Å². The zero-order chi connectivity index (χ0) is 18.1. The highest BCUT2D eigenvalue weighted by atomic mass is 16.6. The van der Waals surface area contributed by atoms with E-state index in [9.17, 15) is 14.7 Å². The molecule has 0 aromatic heterocycles. The molecule has 4 rings (SSSR count). The van der Waals surface area contributed by atoms with Gasteiger partial charge in [-0.1, -0.05) is 6.42 Å². The molecule has 7 heteroatoms. The largest absolute Gasteiger partial charge is 0.486 e. The Balaban J connectivity index is 1.57. The minimum absolute atomic E-state index is 0.0991. The number of hydrogen-bond acceptors (Lipinski definition) is 6. The van der Waals surface area contributed by atoms with Crippen molar-refractivity contribution in [2.45, 2.75) is 44.2 Å². The van der Waals surface area contributed by atoms with Crippen LogP contribution in [0.15, 0.2) is 18.2 Å². The van der Waals surface area contributed by atoms with Gasteiger partial charge in [-0.3, -0.25) is 14.5 Å². The fraction of sp³-hybridized carbons (Fsp3) is 0.579. The highest BCUT2D eigenvalue weighted by Gasteiger charge is 2.45. The van der Waals surface area contributed by atoms with Crippen LogP contribution in [0.2, 0.25) is 0 Å². The maximum absolute atomic E-state index is 13.1. The first-order valence-electron chi connectivity index (χ1n) is 9.32. The lowest BCUT2D eigenvalue weighted by Gasteiger charge is -2.38. The third kappa shape index (κ3) is 3.05. The number of carbonyl (C=O) groups excluding carboxylic acids is 2. The summed E-state index contributed by atoms with van der Waals surface area (Å²) in [6.45, 7) is 1.85. The quantitative estimate of drug-likeness (QED) is 0.816. The second-order valence-corrected chi connectivity index (χ2v) is 7.01. The van der Waals surface area contributed by atoms with Crippen LogP contribution in [0.5, 0.6) is 11.5 Å². The Labute approximate surface area is 152 Å². The van der Waals surface area contributed by atoms with E-state index in [-0.39, 0.29) is 30.9 Å². The SMILES string of the molecule is O=C1C[C@@H](N2CCCC[C@H]2CCO)C(=O)N1c1ccc2c(c1)OCCO2. The molecule has 0 radical (unpaired) electrons. The number of imide groups is 1. The average molecular weight is 360 g/mol. The van der Waals surface area contributed by atoms with Gasteiger partial charge in [0.25, 0.3) is 5.91 Å². The highest BCUT2D eigenvalue weighted by Crippen LogP contribution is 2.37. The molecule has 0 unspecified atom stereocenters. The van der Waals surface area contributed by atoms with Crippen molar-refractivity contribution < 1.29 is 24.2 Å². The van der Waals surface area contributed by atoms with E-state index >= 15 is 0 Å². The molecule has 1 aromatic rings. The lowest BCUT2D eigenvalue weighted by Crippen LogP contribution is -2.50. The summed E-state index contributed by atoms with van der Waals surface area (Å²) in [5.41, 5.74) is 0.530. The van der Waals surface area contributed by atoms with Gasteiger partial charge >= 0.3 is 0 Å². The first kappa shape index (κ1) is 17.3. The molecule has 0 saturated carbocycles. The van der Waals surface area contributed by atoms with Gasteiger partial charge in [-0.25, -0.2) is 4.90 Å². The van der Waals surface area contributed by atoms with Crippen LogP contribution in [0.4, 0.5) is 5.69 Å². The minimum atomic E-state index is -0.437. The Bertz CT molecular complexity index is 705. The van der Waals surface area contributed by atoms with Gasteiger partial charge < -0.3 is 14.6 Å². The second kappa shape index (κ2) is 7.25. The van der Waals surface area contributed by atoms with Gasteiger partial charge in [0.05, 0.1) is 18.2 Å². The summed E-state index contributed by atoms with van der Waals surface area (Å²) in [6, 6.07) is 4.90. The molecule has 0 spiro atoms. The van der Waals surface area contributed by atoms with Crippen LogP contribution in [-0.2, 0) is 9.59 Å². The molecule has 7 nitrogen and oxygen atoms in total. The van der Waals surface area contributed by atoms with Crippen LogP contribution in [0.25, 0.3) is 0 Å². The van der Waals surface area contributed by atoms with E-state index in [4.69, 9.17) is 9.47 Å². The molecule has 3 aliphatic heterocycles. The van der Waals surface area contributed by atoms with Crippen LogP contribution < -0.4 is 14.4 Å². The monoisotopic (exact) mass is 360 g/mol. The van der Waals surface area contributed by atoms with E-state index in [0.29, 0.717) is 36.8 Å². The number of aliphatic hydroxyl groups is 1. The summed E-state index contributed by atoms with van der Waals surface area (Å²) in [4.78, 5) is 29.1. The van der Waals surface area contributed by atoms with Crippen molar-refractivity contribution in [3.63, 3.8) is 0 Å². The molecule has 140 valence electrons. The van der Waals surface area contributed by atoms with Crippen LogP contribution in [0, 0.1) is 0 Å². The standard InChI is InChI=1S/C19H24N2O5/c22-8-6-13-3-1-2-7-20(13)15-12-18(23)21(19(15)24)14-4-5-16-17(11-14)26-10-9-25-16/h4-5,11,13,15,22H,1-3,6-10,12H2/t13-,15+/m0/s1. The summed E-state index contributed by atoms with van der Waals surface area (Å²) in [6.07, 6.45) is 3.91. The number of nitrogens with zero attached hydrogens (tertiary/aromatic N) is 2. The maximum atomic E-state index is 13.1. The van der Waals surface area contributed by atoms with Gasteiger partial charge in [-0.15, -0.1) is 0 Å². The van der Waals surface area contributed by atoms with E-state index in [2.05, 4.69) is 4.90 Å². The highest BCUT2D eigenvalue weighted by molar-refractivity contribution is 6.22. The second-order valence-electron chi connectivity index (χ2n) is 7.01. The number of piperidine rings is 1. The van der Waals surface area contributed by atoms with Gasteiger partial charge in [0.1, 0.15) is 13.2 Å². The molecule has 0 bridgehead atoms. The molecule has 2 atom stereocenters. The maximum Gasteiger partial charge on any atom is 0.251 e. The number of fused-ring (bicyclic) bond motifs is 1. The lowest BCUT2D eigenvalue weighted by molar-refractivity contribution is -0.123. The third-order valence-corrected chi connectivity index (χ3v) is 5.44. The van der Waals surface area contributed by atoms with Crippen molar-refractivity contribution in [2.75, 3.05) is 31.3 Å². The smallest absolute Gasteiger partial charge is 0.251 e. The predicted molar refractivity (Wildman–Crippen MR) is 94.4 cm³/mol. The molecular formula is C19H24N2O5. The summed E-state index contributed by atoms with van der Waals surface area (Å²) < 4.78 is 11.1. The topological polar surface area (TPSA) is 79.3 Å². The number of benzene rings is 1. The van der Waals surface area contributed by atoms with Gasteiger partial charge in [0.15, 0.2) is 11.5 Å². The van der Waals surface area contributed by atoms with Crippen molar-refractivity contribution in [1.82, 2.24) is 4.90 Å². The van der Waals surface area contributed by atoms with Gasteiger partial charge in [0.2, 0.25) is 5.91 Å². The van der Waals surface area contributed by atoms with Crippen LogP contribution in [0.1, 0.15) is 32.1 Å². The average Bonchev–Trinajstić information content (AvgIpc) is 2.96. The van der Waals surface area contributed by atoms with Gasteiger partial charge in [-0.05, 0) is 37.9 Å². The number of rotatable bonds is 4. The first-order chi connectivity index (χ1) is 12.7. The summed E-state index contributed by atoms with van der Waals surface area (Å²) in [5, 5.41) is 9.32. The Morgan fingerprint density at radius 1 is 1.12 bits per heavy atom. The molecule has 2 amide bonds. The lowest BCUT2D eigenvalue weighted by atomic mass is 9.97. The van der Waals surface area contributed by atoms with Crippen molar-refractivity contribution in [3.05, 3.63) is 18.2 Å². The van der Waals surface area contributed by atoms with Gasteiger partial charge in [-0.2, -0.15) is 0 Å². The number of carbonyl (C=O) groups is 2. The van der Waals surface area contributed by atoms with E-state index in [1.165, 1.54) is 4.90 Å². The fourth-order valence-electron chi connectivity index (χ4n) is 4.21. The number of hydrogen-bond donors (Lipinski definition) is 1. The van der Waals surface area contributed by atoms with Crippen molar-refractivity contribution in [1.29, 1.82) is 0 Å². The number of amides is 2. The molecule has 26 heavy (non-hydrogen) atoms. The Kier molecular flexibility index (Phi) is 4.82. The van der Waals surface area contributed by atoms with E-state index in [0.717, 1.165) is 25.8 Å². The Morgan fingerprint density at radius 2 is 1.92 bits per heavy atom. The molecular weight excluding hydrogens is 336 g/mol. The van der Waals surface area contributed by atoms with Crippen LogP contribution in [-0.4, -0.2) is 60.3 Å². The predicted octanol–water partition coefficient (Wildman–Crippen LogP) is 1.33. The zero-order valence-electron chi connectivity index (χ0n) is 14.7. The fourth-order valence-corrected chi connectivity index (χ4v) is 4.21. The molecule has 2 fully saturated rings. The third-order valence-electron chi connectivity index (χ3n) is 5.44. The summed E-state index contributed by atoms with van der Waals surface area (Å²) >= 11 is 0. The summed E-state index contributed by atoms with van der Waals surface area (Å²) in [5.74, 6) is 0.824. The van der Waals surface area contributed by atoms with Crippen LogP contribution in [0.3, 0.4) is 0 Å². The van der Waals surface area contributed by atoms with Gasteiger partial charge in [0, 0.05) is 18.7 Å².